The van der Waals surface area contributed by atoms with Crippen LogP contribution in [-0.2, 0) is 5.41 Å². The van der Waals surface area contributed by atoms with Gasteiger partial charge in [0.25, 0.3) is 0 Å². The van der Waals surface area contributed by atoms with Gasteiger partial charge in [-0.2, -0.15) is 13.2 Å². The van der Waals surface area contributed by atoms with Crippen molar-refractivity contribution in [3.05, 3.63) is 29.3 Å². The maximum absolute atomic E-state index is 12.9. The lowest BCUT2D eigenvalue weighted by atomic mass is 9.86. The highest BCUT2D eigenvalue weighted by atomic mass is 32.2. The SMILES string of the molecule is C#C.CC.CCCC(C)CSC(=NC)c1cc(SC(F)(F)F)cc(C(C)(C)C)c1. The molecule has 1 aromatic carbocycles. The van der Waals surface area contributed by atoms with E-state index in [1.165, 1.54) is 0 Å². The molecule has 1 unspecified atom stereocenters. The van der Waals surface area contributed by atoms with Gasteiger partial charge in [-0.15, -0.1) is 24.6 Å². The summed E-state index contributed by atoms with van der Waals surface area (Å²) in [5.41, 5.74) is -2.86. The molecule has 0 fully saturated rings. The monoisotopic (exact) mass is 447 g/mol. The first-order chi connectivity index (χ1) is 13.5. The summed E-state index contributed by atoms with van der Waals surface area (Å²) in [5.74, 6) is 1.48. The first-order valence-corrected chi connectivity index (χ1v) is 11.6. The van der Waals surface area contributed by atoms with E-state index in [9.17, 15) is 13.2 Å². The third-order valence-electron chi connectivity index (χ3n) is 3.74. The van der Waals surface area contributed by atoms with Gasteiger partial charge in [0.2, 0.25) is 0 Å². The van der Waals surface area contributed by atoms with E-state index >= 15 is 0 Å². The number of rotatable bonds is 6. The molecule has 0 bridgehead atoms. The summed E-state index contributed by atoms with van der Waals surface area (Å²) in [7, 11) is 1.70. The van der Waals surface area contributed by atoms with E-state index < -0.39 is 5.51 Å². The van der Waals surface area contributed by atoms with Crippen molar-refractivity contribution in [2.24, 2.45) is 10.9 Å². The molecule has 1 rings (SSSR count). The van der Waals surface area contributed by atoms with E-state index in [-0.39, 0.29) is 22.1 Å². The smallest absolute Gasteiger partial charge is 0.281 e. The topological polar surface area (TPSA) is 12.4 Å². The summed E-state index contributed by atoms with van der Waals surface area (Å²) in [5, 5.41) is 0.804. The zero-order chi connectivity index (χ0) is 23.3. The summed E-state index contributed by atoms with van der Waals surface area (Å²) >= 11 is 1.57. The second-order valence-corrected chi connectivity index (χ2v) is 9.42. The highest BCUT2D eigenvalue weighted by Crippen LogP contribution is 2.39. The Hall–Kier alpha value is -1.06. The number of thioether (sulfide) groups is 2. The molecule has 1 aromatic rings. The Labute approximate surface area is 184 Å². The third kappa shape index (κ3) is 13.0. The van der Waals surface area contributed by atoms with Crippen LogP contribution in [-0.4, -0.2) is 23.4 Å². The van der Waals surface area contributed by atoms with Crippen LogP contribution < -0.4 is 0 Å². The Balaban J connectivity index is 0. The molecule has 1 atom stereocenters. The zero-order valence-corrected chi connectivity index (χ0v) is 20.6. The molecule has 0 aromatic heterocycles. The molecule has 0 aliphatic heterocycles. The number of nitrogens with zero attached hydrogens (tertiary/aromatic N) is 1. The standard InChI is InChI=1S/C19H28F3NS2.C2H6.C2H2/c1-7-8-13(2)12-24-17(23-6)14-9-15(18(3,4)5)11-16(10-14)25-19(20,21)22;2*1-2/h9-11,13H,7-8,12H2,1-6H3;1-2H3;1-2H. The predicted molar refractivity (Wildman–Crippen MR) is 127 cm³/mol. The molecule has 0 heterocycles. The van der Waals surface area contributed by atoms with Crippen LogP contribution in [0.1, 0.15) is 72.4 Å². The Morgan fingerprint density at radius 2 is 1.66 bits per heavy atom. The van der Waals surface area contributed by atoms with Crippen molar-refractivity contribution in [2.45, 2.75) is 77.1 Å². The average molecular weight is 448 g/mol. The van der Waals surface area contributed by atoms with Crippen molar-refractivity contribution >= 4 is 28.6 Å². The maximum Gasteiger partial charge on any atom is 0.446 e. The minimum Gasteiger partial charge on any atom is -0.281 e. The molecule has 0 aliphatic rings. The van der Waals surface area contributed by atoms with Gasteiger partial charge in [-0.3, -0.25) is 4.99 Å². The van der Waals surface area contributed by atoms with Crippen molar-refractivity contribution in [3.63, 3.8) is 0 Å². The minimum atomic E-state index is -4.29. The molecule has 0 spiro atoms. The fraction of sp³-hybridized carbons (Fsp3) is 0.609. The lowest BCUT2D eigenvalue weighted by Crippen LogP contribution is -2.13. The predicted octanol–water partition coefficient (Wildman–Crippen LogP) is 8.42. The van der Waals surface area contributed by atoms with Crippen LogP contribution in [0.2, 0.25) is 0 Å². The minimum absolute atomic E-state index is 0.0587. The van der Waals surface area contributed by atoms with Crippen LogP contribution in [0, 0.1) is 18.8 Å². The largest absolute Gasteiger partial charge is 0.446 e. The summed E-state index contributed by atoms with van der Waals surface area (Å²) in [4.78, 5) is 4.56. The Kier molecular flexibility index (Phi) is 15.4. The van der Waals surface area contributed by atoms with Crippen molar-refractivity contribution in [1.82, 2.24) is 0 Å². The van der Waals surface area contributed by atoms with Crippen LogP contribution in [0.5, 0.6) is 0 Å². The van der Waals surface area contributed by atoms with Gasteiger partial charge in [0.05, 0.1) is 5.04 Å². The maximum atomic E-state index is 12.9. The molecule has 0 radical (unpaired) electrons. The summed E-state index contributed by atoms with van der Waals surface area (Å²) in [6, 6.07) is 5.22. The summed E-state index contributed by atoms with van der Waals surface area (Å²) in [6.45, 7) is 14.4. The van der Waals surface area contributed by atoms with Crippen LogP contribution in [0.25, 0.3) is 0 Å². The van der Waals surface area contributed by atoms with E-state index in [4.69, 9.17) is 0 Å². The van der Waals surface area contributed by atoms with E-state index in [0.29, 0.717) is 5.92 Å². The van der Waals surface area contributed by atoms with E-state index in [0.717, 1.165) is 34.8 Å². The molecule has 0 N–H and O–H groups in total. The number of hydrogen-bond acceptors (Lipinski definition) is 3. The number of aliphatic imine (C=N–C) groups is 1. The number of alkyl halides is 3. The van der Waals surface area contributed by atoms with Gasteiger partial charge >= 0.3 is 5.51 Å². The fourth-order valence-electron chi connectivity index (χ4n) is 2.42. The van der Waals surface area contributed by atoms with Crippen molar-refractivity contribution < 1.29 is 13.2 Å². The van der Waals surface area contributed by atoms with Crippen molar-refractivity contribution in [1.29, 1.82) is 0 Å². The quantitative estimate of drug-likeness (QED) is 0.188. The van der Waals surface area contributed by atoms with Gasteiger partial charge in [-0.1, -0.05) is 61.3 Å². The molecule has 29 heavy (non-hydrogen) atoms. The number of halogens is 3. The first kappa shape index (κ1) is 30.1. The highest BCUT2D eigenvalue weighted by molar-refractivity contribution is 8.14. The van der Waals surface area contributed by atoms with Crippen LogP contribution in [0.3, 0.4) is 0 Å². The van der Waals surface area contributed by atoms with Crippen LogP contribution in [0.4, 0.5) is 13.2 Å². The zero-order valence-electron chi connectivity index (χ0n) is 19.0. The summed E-state index contributed by atoms with van der Waals surface area (Å²) < 4.78 is 38.6. The molecule has 0 amide bonds. The van der Waals surface area contributed by atoms with E-state index in [1.807, 2.05) is 40.7 Å². The molecule has 0 saturated carbocycles. The molecule has 1 nitrogen and oxygen atoms in total. The second kappa shape index (κ2) is 14.8. The molecule has 166 valence electrons. The molecule has 6 heteroatoms. The molecule has 0 saturated heterocycles. The third-order valence-corrected chi connectivity index (χ3v) is 5.87. The summed E-state index contributed by atoms with van der Waals surface area (Å²) in [6.07, 6.45) is 10.3. The molecular weight excluding hydrogens is 411 g/mol. The lowest BCUT2D eigenvalue weighted by molar-refractivity contribution is -0.0328. The lowest BCUT2D eigenvalue weighted by Gasteiger charge is -2.22. The van der Waals surface area contributed by atoms with Gasteiger partial charge < -0.3 is 0 Å². The van der Waals surface area contributed by atoms with Gasteiger partial charge in [0.15, 0.2) is 0 Å². The van der Waals surface area contributed by atoms with Gasteiger partial charge in [-0.25, -0.2) is 0 Å². The van der Waals surface area contributed by atoms with Crippen LogP contribution in [0.15, 0.2) is 28.1 Å². The number of terminal acetylenes is 1. The fourth-order valence-corrected chi connectivity index (χ4v) is 4.08. The normalized spacial score (nSPS) is 12.9. The molecule has 0 aliphatic carbocycles. The highest BCUT2D eigenvalue weighted by Gasteiger charge is 2.30. The van der Waals surface area contributed by atoms with Gasteiger partial charge in [-0.05, 0) is 46.9 Å². The first-order valence-electron chi connectivity index (χ1n) is 9.81. The number of hydrogen-bond donors (Lipinski definition) is 0. The molecular formula is C23H36F3NS2. The van der Waals surface area contributed by atoms with Crippen LogP contribution >= 0.6 is 23.5 Å². The van der Waals surface area contributed by atoms with Crippen molar-refractivity contribution in [3.8, 4) is 12.8 Å². The van der Waals surface area contributed by atoms with Gasteiger partial charge in [0.1, 0.15) is 0 Å². The Bertz CT molecular complexity index is 629. The average Bonchev–Trinajstić information content (AvgIpc) is 2.63. The Morgan fingerprint density at radius 1 is 1.10 bits per heavy atom. The number of benzene rings is 1. The Morgan fingerprint density at radius 3 is 2.07 bits per heavy atom. The second-order valence-electron chi connectivity index (χ2n) is 7.28. The van der Waals surface area contributed by atoms with E-state index in [2.05, 4.69) is 31.7 Å². The van der Waals surface area contributed by atoms with Crippen molar-refractivity contribution in [2.75, 3.05) is 12.8 Å². The van der Waals surface area contributed by atoms with Gasteiger partial charge in [0, 0.05) is 23.3 Å². The van der Waals surface area contributed by atoms with E-state index in [1.54, 1.807) is 30.9 Å².